The van der Waals surface area contributed by atoms with Crippen molar-refractivity contribution >= 4 is 40.5 Å². The molecule has 0 aliphatic carbocycles. The highest BCUT2D eigenvalue weighted by Gasteiger charge is 2.37. The highest BCUT2D eigenvalue weighted by atomic mass is 32.2. The number of aromatic nitrogens is 1. The van der Waals surface area contributed by atoms with Crippen LogP contribution in [0.25, 0.3) is 10.9 Å². The number of hydrogen-bond acceptors (Lipinski definition) is 6. The van der Waals surface area contributed by atoms with Crippen LogP contribution in [0.4, 0.5) is 0 Å². The van der Waals surface area contributed by atoms with E-state index in [0.29, 0.717) is 22.8 Å². The van der Waals surface area contributed by atoms with Gasteiger partial charge in [0.2, 0.25) is 0 Å². The second-order valence-corrected chi connectivity index (χ2v) is 7.06. The molecule has 1 aromatic carbocycles. The van der Waals surface area contributed by atoms with Crippen molar-refractivity contribution in [1.82, 2.24) is 9.88 Å². The average Bonchev–Trinajstić information content (AvgIpc) is 3.38. The highest BCUT2D eigenvalue weighted by Crippen LogP contribution is 2.27. The number of nitrogens with zero attached hydrogens (tertiary/aromatic N) is 1. The van der Waals surface area contributed by atoms with Crippen LogP contribution in [0.1, 0.15) is 10.4 Å². The summed E-state index contributed by atoms with van der Waals surface area (Å²) in [7, 11) is 0. The number of thioether (sulfide) groups is 1. The lowest BCUT2D eigenvalue weighted by Crippen LogP contribution is -2.42. The highest BCUT2D eigenvalue weighted by molar-refractivity contribution is 7.99. The maximum absolute atomic E-state index is 12.9. The van der Waals surface area contributed by atoms with Crippen molar-refractivity contribution in [2.75, 3.05) is 24.8 Å². The maximum Gasteiger partial charge on any atom is 0.331 e. The van der Waals surface area contributed by atoms with Crippen molar-refractivity contribution < 1.29 is 23.9 Å². The van der Waals surface area contributed by atoms with Crippen LogP contribution in [0.5, 0.6) is 0 Å². The van der Waals surface area contributed by atoms with Crippen LogP contribution < -0.4 is 0 Å². The zero-order chi connectivity index (χ0) is 18.1. The lowest BCUT2D eigenvalue weighted by atomic mass is 10.1. The number of rotatable bonds is 4. The molecule has 0 radical (unpaired) electrons. The van der Waals surface area contributed by atoms with Crippen LogP contribution in [0.2, 0.25) is 0 Å². The number of cyclic esters (lactones) is 1. The van der Waals surface area contributed by atoms with Crippen molar-refractivity contribution in [2.24, 2.45) is 0 Å². The molecule has 4 rings (SSSR count). The number of aromatic amines is 1. The van der Waals surface area contributed by atoms with Gasteiger partial charge >= 0.3 is 11.9 Å². The van der Waals surface area contributed by atoms with Crippen molar-refractivity contribution in [3.63, 3.8) is 0 Å². The van der Waals surface area contributed by atoms with E-state index in [0.717, 1.165) is 10.9 Å². The Morgan fingerprint density at radius 2 is 2.19 bits per heavy atom. The number of para-hydroxylation sites is 1. The molecule has 3 heterocycles. The van der Waals surface area contributed by atoms with Crippen molar-refractivity contribution in [2.45, 2.75) is 6.04 Å². The van der Waals surface area contributed by atoms with Crippen LogP contribution in [-0.2, 0) is 19.1 Å². The maximum atomic E-state index is 12.9. The number of benzene rings is 1. The largest absolute Gasteiger partial charge is 0.459 e. The van der Waals surface area contributed by atoms with Crippen LogP contribution in [0.3, 0.4) is 0 Å². The number of carbonyl (C=O) groups is 3. The average molecular weight is 372 g/mol. The molecule has 7 nitrogen and oxygen atoms in total. The second-order valence-electron chi connectivity index (χ2n) is 6.06. The van der Waals surface area contributed by atoms with E-state index in [1.165, 1.54) is 22.7 Å². The van der Waals surface area contributed by atoms with Crippen LogP contribution in [0.15, 0.2) is 42.1 Å². The summed E-state index contributed by atoms with van der Waals surface area (Å²) < 4.78 is 10.1. The van der Waals surface area contributed by atoms with Gasteiger partial charge in [0.05, 0.1) is 11.4 Å². The Hall–Kier alpha value is -2.74. The Kier molecular flexibility index (Phi) is 4.42. The van der Waals surface area contributed by atoms with Crippen molar-refractivity contribution in [3.8, 4) is 0 Å². The molecule has 134 valence electrons. The van der Waals surface area contributed by atoms with E-state index < -0.39 is 18.0 Å². The van der Waals surface area contributed by atoms with E-state index in [1.54, 1.807) is 6.20 Å². The number of hydrogen-bond donors (Lipinski definition) is 1. The molecule has 2 aromatic rings. The van der Waals surface area contributed by atoms with Gasteiger partial charge in [-0.05, 0) is 6.07 Å². The molecular formula is C18H16N2O5S. The molecule has 1 N–H and O–H groups in total. The Bertz CT molecular complexity index is 919. The predicted octanol–water partition coefficient (Wildman–Crippen LogP) is 1.71. The summed E-state index contributed by atoms with van der Waals surface area (Å²) in [6, 6.07) is 6.90. The third-order valence-corrected chi connectivity index (χ3v) is 5.37. The third-order valence-electron chi connectivity index (χ3n) is 4.36. The molecule has 1 saturated heterocycles. The molecule has 2 aliphatic heterocycles. The van der Waals surface area contributed by atoms with E-state index in [1.807, 2.05) is 24.3 Å². The van der Waals surface area contributed by atoms with Crippen LogP contribution >= 0.6 is 11.8 Å². The first-order valence-electron chi connectivity index (χ1n) is 8.11. The molecule has 1 atom stereocenters. The molecule has 1 amide bonds. The van der Waals surface area contributed by atoms with E-state index in [4.69, 9.17) is 9.47 Å². The van der Waals surface area contributed by atoms with Gasteiger partial charge in [-0.15, -0.1) is 11.8 Å². The zero-order valence-electron chi connectivity index (χ0n) is 13.8. The van der Waals surface area contributed by atoms with E-state index >= 15 is 0 Å². The quantitative estimate of drug-likeness (QED) is 0.822. The van der Waals surface area contributed by atoms with Gasteiger partial charge in [0.15, 0.2) is 0 Å². The molecule has 0 saturated carbocycles. The van der Waals surface area contributed by atoms with Crippen molar-refractivity contribution in [1.29, 1.82) is 0 Å². The van der Waals surface area contributed by atoms with Crippen LogP contribution in [-0.4, -0.2) is 58.6 Å². The molecule has 1 aromatic heterocycles. The molecule has 0 spiro atoms. The van der Waals surface area contributed by atoms with Gasteiger partial charge in [0, 0.05) is 34.5 Å². The monoisotopic (exact) mass is 372 g/mol. The number of nitrogens with one attached hydrogen (secondary N) is 1. The Morgan fingerprint density at radius 3 is 3.00 bits per heavy atom. The first kappa shape index (κ1) is 16.7. The van der Waals surface area contributed by atoms with E-state index in [-0.39, 0.29) is 19.1 Å². The summed E-state index contributed by atoms with van der Waals surface area (Å²) in [6.45, 7) is 0.143. The molecule has 0 bridgehead atoms. The summed E-state index contributed by atoms with van der Waals surface area (Å²) in [5.74, 6) is -0.177. The SMILES string of the molecule is O=C1C=C(COC(=O)C2CSCN2C(=O)c2c[nH]c3ccccc23)CO1. The van der Waals surface area contributed by atoms with Gasteiger partial charge in [-0.2, -0.15) is 0 Å². The zero-order valence-corrected chi connectivity index (χ0v) is 14.6. The third kappa shape index (κ3) is 3.08. The summed E-state index contributed by atoms with van der Waals surface area (Å²) >= 11 is 1.51. The smallest absolute Gasteiger partial charge is 0.331 e. The number of amides is 1. The topological polar surface area (TPSA) is 88.7 Å². The fourth-order valence-electron chi connectivity index (χ4n) is 3.00. The van der Waals surface area contributed by atoms with Gasteiger partial charge < -0.3 is 19.4 Å². The standard InChI is InChI=1S/C18H16N2O5S/c21-16-5-11(7-24-16)8-25-18(23)15-9-26-10-20(15)17(22)13-6-19-14-4-2-1-3-12(13)14/h1-6,15,19H,7-10H2. The van der Waals surface area contributed by atoms with Gasteiger partial charge in [-0.25, -0.2) is 9.59 Å². The number of fused-ring (bicyclic) bond motifs is 1. The molecule has 26 heavy (non-hydrogen) atoms. The van der Waals surface area contributed by atoms with Gasteiger partial charge in [0.25, 0.3) is 5.91 Å². The first-order chi connectivity index (χ1) is 12.6. The Labute approximate surface area is 153 Å². The molecule has 1 fully saturated rings. The minimum absolute atomic E-state index is 0.000849. The van der Waals surface area contributed by atoms with Crippen molar-refractivity contribution in [3.05, 3.63) is 47.7 Å². The van der Waals surface area contributed by atoms with Gasteiger partial charge in [0.1, 0.15) is 19.3 Å². The molecule has 1 unspecified atom stereocenters. The summed E-state index contributed by atoms with van der Waals surface area (Å²) in [6.07, 6.45) is 3.00. The Morgan fingerprint density at radius 1 is 1.35 bits per heavy atom. The van der Waals surface area contributed by atoms with Gasteiger partial charge in [-0.1, -0.05) is 18.2 Å². The lowest BCUT2D eigenvalue weighted by Gasteiger charge is -2.22. The number of ether oxygens (including phenoxy) is 2. The molecule has 8 heteroatoms. The number of esters is 2. The fraction of sp³-hybridized carbons (Fsp3) is 0.278. The first-order valence-corrected chi connectivity index (χ1v) is 9.26. The Balaban J connectivity index is 1.47. The van der Waals surface area contributed by atoms with Gasteiger partial charge in [-0.3, -0.25) is 4.79 Å². The lowest BCUT2D eigenvalue weighted by molar-refractivity contribution is -0.146. The second kappa shape index (κ2) is 6.87. The summed E-state index contributed by atoms with van der Waals surface area (Å²) in [4.78, 5) is 41.0. The molecular weight excluding hydrogens is 356 g/mol. The van der Waals surface area contributed by atoms with Crippen LogP contribution in [0, 0.1) is 0 Å². The van der Waals surface area contributed by atoms with E-state index in [9.17, 15) is 14.4 Å². The normalized spacial score (nSPS) is 19.5. The van der Waals surface area contributed by atoms with E-state index in [2.05, 4.69) is 4.98 Å². The number of H-pyrrole nitrogens is 1. The minimum Gasteiger partial charge on any atom is -0.459 e. The fourth-order valence-corrected chi connectivity index (χ4v) is 4.14. The number of carbonyl (C=O) groups excluding carboxylic acids is 3. The molecule has 2 aliphatic rings. The summed E-state index contributed by atoms with van der Waals surface area (Å²) in [5.41, 5.74) is 2.03. The summed E-state index contributed by atoms with van der Waals surface area (Å²) in [5, 5.41) is 0.827. The minimum atomic E-state index is -0.639. The predicted molar refractivity (Wildman–Crippen MR) is 95.6 cm³/mol.